The standard InChI is InChI=1S/C12H18O2/c1-9(2)8-14-12-7-5-4-6-11(12)10(3)13/h4-7,9-10,13H,8H2,1-3H3/t10-/m1/s1. The zero-order valence-electron chi connectivity index (χ0n) is 9.03. The van der Waals surface area contributed by atoms with Gasteiger partial charge in [-0.15, -0.1) is 0 Å². The van der Waals surface area contributed by atoms with Crippen molar-refractivity contribution < 1.29 is 9.84 Å². The highest BCUT2D eigenvalue weighted by Crippen LogP contribution is 2.24. The quantitative estimate of drug-likeness (QED) is 0.798. The van der Waals surface area contributed by atoms with Crippen molar-refractivity contribution in [1.29, 1.82) is 0 Å². The molecule has 0 amide bonds. The van der Waals surface area contributed by atoms with Gasteiger partial charge in [-0.1, -0.05) is 32.0 Å². The number of aliphatic hydroxyl groups excluding tert-OH is 1. The molecule has 2 heteroatoms. The van der Waals surface area contributed by atoms with Crippen LogP contribution in [0.25, 0.3) is 0 Å². The molecule has 1 aromatic carbocycles. The summed E-state index contributed by atoms with van der Waals surface area (Å²) in [4.78, 5) is 0. The number of aliphatic hydroxyl groups is 1. The van der Waals surface area contributed by atoms with E-state index in [4.69, 9.17) is 4.74 Å². The van der Waals surface area contributed by atoms with Crippen LogP contribution < -0.4 is 4.74 Å². The molecule has 0 saturated heterocycles. The summed E-state index contributed by atoms with van der Waals surface area (Å²) in [5, 5.41) is 9.49. The smallest absolute Gasteiger partial charge is 0.125 e. The van der Waals surface area contributed by atoms with E-state index in [0.717, 1.165) is 11.3 Å². The number of hydrogen-bond acceptors (Lipinski definition) is 2. The van der Waals surface area contributed by atoms with Gasteiger partial charge in [0.1, 0.15) is 5.75 Å². The molecule has 1 rings (SSSR count). The average molecular weight is 194 g/mol. The summed E-state index contributed by atoms with van der Waals surface area (Å²) in [7, 11) is 0. The topological polar surface area (TPSA) is 29.5 Å². The van der Waals surface area contributed by atoms with Crippen LogP contribution in [0.15, 0.2) is 24.3 Å². The second kappa shape index (κ2) is 5.01. The first-order valence-corrected chi connectivity index (χ1v) is 5.01. The van der Waals surface area contributed by atoms with Crippen LogP contribution in [-0.4, -0.2) is 11.7 Å². The van der Waals surface area contributed by atoms with Crippen LogP contribution in [-0.2, 0) is 0 Å². The van der Waals surface area contributed by atoms with E-state index >= 15 is 0 Å². The van der Waals surface area contributed by atoms with Crippen molar-refractivity contribution in [2.45, 2.75) is 26.9 Å². The fraction of sp³-hybridized carbons (Fsp3) is 0.500. The van der Waals surface area contributed by atoms with Crippen molar-refractivity contribution in [1.82, 2.24) is 0 Å². The van der Waals surface area contributed by atoms with E-state index in [2.05, 4.69) is 13.8 Å². The largest absolute Gasteiger partial charge is 0.493 e. The predicted molar refractivity (Wildman–Crippen MR) is 57.4 cm³/mol. The second-order valence-electron chi connectivity index (χ2n) is 3.92. The number of rotatable bonds is 4. The molecule has 0 radical (unpaired) electrons. The molecule has 0 heterocycles. The fourth-order valence-corrected chi connectivity index (χ4v) is 1.21. The Labute approximate surface area is 85.5 Å². The highest BCUT2D eigenvalue weighted by Gasteiger charge is 2.08. The van der Waals surface area contributed by atoms with Crippen LogP contribution in [0.5, 0.6) is 5.75 Å². The molecule has 0 aromatic heterocycles. The van der Waals surface area contributed by atoms with Crippen LogP contribution in [0, 0.1) is 5.92 Å². The Balaban J connectivity index is 2.74. The molecule has 0 aliphatic heterocycles. The monoisotopic (exact) mass is 194 g/mol. The number of para-hydroxylation sites is 1. The first-order valence-electron chi connectivity index (χ1n) is 5.01. The highest BCUT2D eigenvalue weighted by atomic mass is 16.5. The molecule has 1 aromatic rings. The molecule has 0 unspecified atom stereocenters. The number of ether oxygens (including phenoxy) is 1. The lowest BCUT2D eigenvalue weighted by atomic mass is 10.1. The number of benzene rings is 1. The Bertz CT molecular complexity index is 279. The zero-order chi connectivity index (χ0) is 10.6. The first kappa shape index (κ1) is 11.1. The molecule has 1 atom stereocenters. The van der Waals surface area contributed by atoms with E-state index in [1.807, 2.05) is 24.3 Å². The number of hydrogen-bond donors (Lipinski definition) is 1. The zero-order valence-corrected chi connectivity index (χ0v) is 9.03. The molecule has 0 bridgehead atoms. The van der Waals surface area contributed by atoms with Gasteiger partial charge in [0, 0.05) is 5.56 Å². The van der Waals surface area contributed by atoms with E-state index in [9.17, 15) is 5.11 Å². The normalized spacial score (nSPS) is 12.9. The van der Waals surface area contributed by atoms with Gasteiger partial charge in [-0.25, -0.2) is 0 Å². The van der Waals surface area contributed by atoms with Gasteiger partial charge in [0.2, 0.25) is 0 Å². The molecular formula is C12H18O2. The highest BCUT2D eigenvalue weighted by molar-refractivity contribution is 5.34. The first-order chi connectivity index (χ1) is 6.61. The van der Waals surface area contributed by atoms with Crippen molar-refractivity contribution in [3.63, 3.8) is 0 Å². The average Bonchev–Trinajstić information content (AvgIpc) is 2.15. The van der Waals surface area contributed by atoms with Crippen molar-refractivity contribution in [3.05, 3.63) is 29.8 Å². The van der Waals surface area contributed by atoms with Crippen LogP contribution in [0.3, 0.4) is 0 Å². The van der Waals surface area contributed by atoms with Crippen LogP contribution in [0.2, 0.25) is 0 Å². The van der Waals surface area contributed by atoms with Gasteiger partial charge < -0.3 is 9.84 Å². The van der Waals surface area contributed by atoms with Gasteiger partial charge in [-0.2, -0.15) is 0 Å². The summed E-state index contributed by atoms with van der Waals surface area (Å²) in [6.07, 6.45) is -0.474. The molecule has 0 fully saturated rings. The second-order valence-corrected chi connectivity index (χ2v) is 3.92. The SMILES string of the molecule is CC(C)COc1ccccc1[C@@H](C)O. The van der Waals surface area contributed by atoms with Gasteiger partial charge >= 0.3 is 0 Å². The molecule has 0 aliphatic rings. The fourth-order valence-electron chi connectivity index (χ4n) is 1.21. The summed E-state index contributed by atoms with van der Waals surface area (Å²) in [5.74, 6) is 1.29. The Morgan fingerprint density at radius 1 is 1.21 bits per heavy atom. The minimum absolute atomic E-state index is 0.474. The van der Waals surface area contributed by atoms with E-state index in [-0.39, 0.29) is 0 Å². The molecule has 0 spiro atoms. The maximum atomic E-state index is 9.49. The van der Waals surface area contributed by atoms with E-state index in [0.29, 0.717) is 12.5 Å². The summed E-state index contributed by atoms with van der Waals surface area (Å²) < 4.78 is 5.60. The van der Waals surface area contributed by atoms with E-state index < -0.39 is 6.10 Å². The van der Waals surface area contributed by atoms with Gasteiger partial charge in [0.15, 0.2) is 0 Å². The van der Waals surface area contributed by atoms with E-state index in [1.165, 1.54) is 0 Å². The van der Waals surface area contributed by atoms with Gasteiger partial charge in [-0.05, 0) is 18.9 Å². The lowest BCUT2D eigenvalue weighted by molar-refractivity contribution is 0.188. The maximum Gasteiger partial charge on any atom is 0.125 e. The Morgan fingerprint density at radius 2 is 1.86 bits per heavy atom. The molecule has 0 aliphatic carbocycles. The molecule has 1 N–H and O–H groups in total. The maximum absolute atomic E-state index is 9.49. The van der Waals surface area contributed by atoms with Crippen molar-refractivity contribution >= 4 is 0 Å². The van der Waals surface area contributed by atoms with Gasteiger partial charge in [0.05, 0.1) is 12.7 Å². The van der Waals surface area contributed by atoms with Crippen molar-refractivity contribution in [3.8, 4) is 5.75 Å². The lowest BCUT2D eigenvalue weighted by Crippen LogP contribution is -2.07. The van der Waals surface area contributed by atoms with Crippen molar-refractivity contribution in [2.75, 3.05) is 6.61 Å². The van der Waals surface area contributed by atoms with Gasteiger partial charge in [0.25, 0.3) is 0 Å². The summed E-state index contributed by atoms with van der Waals surface area (Å²) in [5.41, 5.74) is 0.855. The van der Waals surface area contributed by atoms with E-state index in [1.54, 1.807) is 6.92 Å². The third kappa shape index (κ3) is 3.04. The van der Waals surface area contributed by atoms with Crippen LogP contribution in [0.4, 0.5) is 0 Å². The summed E-state index contributed by atoms with van der Waals surface area (Å²) in [6, 6.07) is 7.61. The lowest BCUT2D eigenvalue weighted by Gasteiger charge is -2.14. The minimum Gasteiger partial charge on any atom is -0.493 e. The predicted octanol–water partition coefficient (Wildman–Crippen LogP) is 2.77. The van der Waals surface area contributed by atoms with Crippen LogP contribution >= 0.6 is 0 Å². The third-order valence-corrected chi connectivity index (χ3v) is 1.94. The molecule has 14 heavy (non-hydrogen) atoms. The summed E-state index contributed by atoms with van der Waals surface area (Å²) in [6.45, 7) is 6.64. The third-order valence-electron chi connectivity index (χ3n) is 1.94. The molecule has 78 valence electrons. The molecule has 0 saturated carbocycles. The van der Waals surface area contributed by atoms with Crippen molar-refractivity contribution in [2.24, 2.45) is 5.92 Å². The molecular weight excluding hydrogens is 176 g/mol. The summed E-state index contributed by atoms with van der Waals surface area (Å²) >= 11 is 0. The van der Waals surface area contributed by atoms with Crippen LogP contribution in [0.1, 0.15) is 32.4 Å². The Morgan fingerprint density at radius 3 is 2.43 bits per heavy atom. The Kier molecular flexibility index (Phi) is 3.96. The Hall–Kier alpha value is -1.02. The molecule has 2 nitrogen and oxygen atoms in total. The minimum atomic E-state index is -0.474. The van der Waals surface area contributed by atoms with Gasteiger partial charge in [-0.3, -0.25) is 0 Å².